The number of carbonyl (C=O) groups excluding carboxylic acids is 1. The SMILES string of the molecule is C[C@@H]1CN(C(=O)c2ccc(N)cc2C(F)(F)F)C[C@H](C)[C@H]1O. The minimum Gasteiger partial charge on any atom is -0.399 e. The molecule has 0 aliphatic carbocycles. The van der Waals surface area contributed by atoms with Crippen LogP contribution in [0.3, 0.4) is 0 Å². The molecule has 122 valence electrons. The maximum atomic E-state index is 13.1. The number of nitrogens with two attached hydrogens (primary N) is 1. The third-order valence-electron chi connectivity index (χ3n) is 4.05. The average Bonchev–Trinajstić information content (AvgIpc) is 2.42. The first-order chi connectivity index (χ1) is 10.1. The Balaban J connectivity index is 2.34. The van der Waals surface area contributed by atoms with E-state index in [1.54, 1.807) is 13.8 Å². The molecule has 2 rings (SSSR count). The van der Waals surface area contributed by atoms with Crippen molar-refractivity contribution in [3.63, 3.8) is 0 Å². The van der Waals surface area contributed by atoms with Crippen LogP contribution in [0.4, 0.5) is 18.9 Å². The van der Waals surface area contributed by atoms with Crippen LogP contribution in [0.25, 0.3) is 0 Å². The fourth-order valence-electron chi connectivity index (χ4n) is 2.87. The molecule has 1 fully saturated rings. The average molecular weight is 316 g/mol. The molecule has 1 saturated heterocycles. The lowest BCUT2D eigenvalue weighted by molar-refractivity contribution is -0.138. The van der Waals surface area contributed by atoms with Crippen molar-refractivity contribution in [3.05, 3.63) is 29.3 Å². The molecule has 7 heteroatoms. The van der Waals surface area contributed by atoms with Crippen molar-refractivity contribution < 1.29 is 23.1 Å². The number of piperidine rings is 1. The van der Waals surface area contributed by atoms with Crippen LogP contribution in [0.5, 0.6) is 0 Å². The van der Waals surface area contributed by atoms with Crippen molar-refractivity contribution in [1.82, 2.24) is 4.90 Å². The van der Waals surface area contributed by atoms with Crippen LogP contribution in [0, 0.1) is 11.8 Å². The summed E-state index contributed by atoms with van der Waals surface area (Å²) in [6, 6.07) is 3.17. The third kappa shape index (κ3) is 3.19. The molecule has 1 aromatic rings. The molecule has 1 aliphatic rings. The maximum Gasteiger partial charge on any atom is 0.417 e. The van der Waals surface area contributed by atoms with Gasteiger partial charge in [-0.25, -0.2) is 0 Å². The van der Waals surface area contributed by atoms with Gasteiger partial charge in [0, 0.05) is 18.8 Å². The normalized spacial score (nSPS) is 26.1. The molecule has 3 atom stereocenters. The number of amides is 1. The van der Waals surface area contributed by atoms with E-state index in [-0.39, 0.29) is 30.6 Å². The van der Waals surface area contributed by atoms with Gasteiger partial charge in [0.05, 0.1) is 17.2 Å². The zero-order valence-corrected chi connectivity index (χ0v) is 12.4. The van der Waals surface area contributed by atoms with E-state index in [9.17, 15) is 23.1 Å². The largest absolute Gasteiger partial charge is 0.417 e. The summed E-state index contributed by atoms with van der Waals surface area (Å²) in [7, 11) is 0. The number of nitrogen functional groups attached to an aromatic ring is 1. The predicted molar refractivity (Wildman–Crippen MR) is 76.1 cm³/mol. The van der Waals surface area contributed by atoms with Gasteiger partial charge in [-0.1, -0.05) is 13.8 Å². The van der Waals surface area contributed by atoms with Gasteiger partial charge in [-0.15, -0.1) is 0 Å². The Kier molecular flexibility index (Phi) is 4.37. The second-order valence-corrected chi connectivity index (χ2v) is 5.96. The number of likely N-dealkylation sites (tertiary alicyclic amines) is 1. The van der Waals surface area contributed by atoms with Crippen LogP contribution >= 0.6 is 0 Å². The van der Waals surface area contributed by atoms with Gasteiger partial charge in [0.15, 0.2) is 0 Å². The number of benzene rings is 1. The van der Waals surface area contributed by atoms with Crippen molar-refractivity contribution in [2.24, 2.45) is 11.8 Å². The van der Waals surface area contributed by atoms with Gasteiger partial charge in [-0.05, 0) is 30.0 Å². The number of hydrogen-bond acceptors (Lipinski definition) is 3. The Hall–Kier alpha value is -1.76. The van der Waals surface area contributed by atoms with E-state index in [1.165, 1.54) is 11.0 Å². The number of carbonyl (C=O) groups is 1. The molecule has 1 amide bonds. The van der Waals surface area contributed by atoms with E-state index in [0.29, 0.717) is 0 Å². The van der Waals surface area contributed by atoms with Gasteiger partial charge in [-0.2, -0.15) is 13.2 Å². The summed E-state index contributed by atoms with van der Waals surface area (Å²) in [4.78, 5) is 13.8. The zero-order valence-electron chi connectivity index (χ0n) is 12.4. The van der Waals surface area contributed by atoms with Gasteiger partial charge < -0.3 is 15.7 Å². The predicted octanol–water partition coefficient (Wildman–Crippen LogP) is 2.38. The molecule has 1 aliphatic heterocycles. The molecule has 1 heterocycles. The number of aliphatic hydroxyl groups is 1. The van der Waals surface area contributed by atoms with E-state index in [4.69, 9.17) is 5.73 Å². The molecular formula is C15H19F3N2O2. The van der Waals surface area contributed by atoms with E-state index in [2.05, 4.69) is 0 Å². The Morgan fingerprint density at radius 2 is 1.82 bits per heavy atom. The first kappa shape index (κ1) is 16.6. The molecule has 4 nitrogen and oxygen atoms in total. The Morgan fingerprint density at radius 1 is 1.27 bits per heavy atom. The summed E-state index contributed by atoms with van der Waals surface area (Å²) in [6.07, 6.45) is -5.20. The van der Waals surface area contributed by atoms with Crippen LogP contribution in [0.1, 0.15) is 29.8 Å². The summed E-state index contributed by atoms with van der Waals surface area (Å²) in [5.74, 6) is -1.05. The standard InChI is InChI=1S/C15H19F3N2O2/c1-8-6-20(7-9(2)13(8)21)14(22)11-4-3-10(19)5-12(11)15(16,17)18/h3-5,8-9,13,21H,6-7,19H2,1-2H3/t8-,9+,13+. The highest BCUT2D eigenvalue weighted by Crippen LogP contribution is 2.34. The highest BCUT2D eigenvalue weighted by molar-refractivity contribution is 5.96. The highest BCUT2D eigenvalue weighted by atomic mass is 19.4. The van der Waals surface area contributed by atoms with Crippen molar-refractivity contribution in [1.29, 1.82) is 0 Å². The number of alkyl halides is 3. The summed E-state index contributed by atoms with van der Waals surface area (Å²) in [6.45, 7) is 4.00. The number of aliphatic hydroxyl groups excluding tert-OH is 1. The van der Waals surface area contributed by atoms with E-state index < -0.39 is 29.3 Å². The van der Waals surface area contributed by atoms with Gasteiger partial charge >= 0.3 is 6.18 Å². The van der Waals surface area contributed by atoms with Crippen molar-refractivity contribution in [3.8, 4) is 0 Å². The lowest BCUT2D eigenvalue weighted by atomic mass is 9.88. The highest BCUT2D eigenvalue weighted by Gasteiger charge is 2.38. The number of hydrogen-bond donors (Lipinski definition) is 2. The van der Waals surface area contributed by atoms with Crippen LogP contribution in [-0.4, -0.2) is 35.1 Å². The fraction of sp³-hybridized carbons (Fsp3) is 0.533. The number of halogens is 3. The monoisotopic (exact) mass is 316 g/mol. The van der Waals surface area contributed by atoms with Crippen molar-refractivity contribution in [2.45, 2.75) is 26.1 Å². The number of rotatable bonds is 1. The lowest BCUT2D eigenvalue weighted by Gasteiger charge is -2.39. The molecular weight excluding hydrogens is 297 g/mol. The zero-order chi connectivity index (χ0) is 16.7. The Morgan fingerprint density at radius 3 is 2.32 bits per heavy atom. The van der Waals surface area contributed by atoms with Crippen LogP contribution in [0.15, 0.2) is 18.2 Å². The minimum absolute atomic E-state index is 0.0420. The minimum atomic E-state index is -4.65. The molecule has 1 aromatic carbocycles. The van der Waals surface area contributed by atoms with E-state index in [1.807, 2.05) is 0 Å². The van der Waals surface area contributed by atoms with Crippen LogP contribution in [-0.2, 0) is 6.18 Å². The van der Waals surface area contributed by atoms with E-state index in [0.717, 1.165) is 12.1 Å². The molecule has 0 aromatic heterocycles. The van der Waals surface area contributed by atoms with Crippen LogP contribution in [0.2, 0.25) is 0 Å². The third-order valence-corrected chi connectivity index (χ3v) is 4.05. The first-order valence-electron chi connectivity index (χ1n) is 7.05. The summed E-state index contributed by atoms with van der Waals surface area (Å²) in [5, 5.41) is 9.90. The second kappa shape index (κ2) is 5.79. The van der Waals surface area contributed by atoms with Crippen LogP contribution < -0.4 is 5.73 Å². The molecule has 0 spiro atoms. The van der Waals surface area contributed by atoms with Crippen molar-refractivity contribution in [2.75, 3.05) is 18.8 Å². The summed E-state index contributed by atoms with van der Waals surface area (Å²) in [5.41, 5.74) is 3.94. The molecule has 3 N–H and O–H groups in total. The first-order valence-corrected chi connectivity index (χ1v) is 7.05. The molecule has 0 bridgehead atoms. The second-order valence-electron chi connectivity index (χ2n) is 5.96. The fourth-order valence-corrected chi connectivity index (χ4v) is 2.87. The number of anilines is 1. The van der Waals surface area contributed by atoms with Gasteiger partial charge in [0.1, 0.15) is 0 Å². The lowest BCUT2D eigenvalue weighted by Crippen LogP contribution is -2.49. The topological polar surface area (TPSA) is 66.6 Å². The molecule has 0 saturated carbocycles. The Bertz CT molecular complexity index is 562. The quantitative estimate of drug-likeness (QED) is 0.782. The van der Waals surface area contributed by atoms with Gasteiger partial charge in [0.2, 0.25) is 0 Å². The number of nitrogens with zero attached hydrogens (tertiary/aromatic N) is 1. The Labute approximate surface area is 126 Å². The maximum absolute atomic E-state index is 13.1. The molecule has 0 radical (unpaired) electrons. The molecule has 22 heavy (non-hydrogen) atoms. The van der Waals surface area contributed by atoms with Gasteiger partial charge in [-0.3, -0.25) is 4.79 Å². The van der Waals surface area contributed by atoms with Gasteiger partial charge in [0.25, 0.3) is 5.91 Å². The summed E-state index contributed by atoms with van der Waals surface area (Å²) >= 11 is 0. The molecule has 0 unspecified atom stereocenters. The summed E-state index contributed by atoms with van der Waals surface area (Å²) < 4.78 is 39.3. The van der Waals surface area contributed by atoms with E-state index >= 15 is 0 Å². The van der Waals surface area contributed by atoms with Crippen molar-refractivity contribution >= 4 is 11.6 Å². The smallest absolute Gasteiger partial charge is 0.399 e.